The van der Waals surface area contributed by atoms with Gasteiger partial charge < -0.3 is 10.2 Å². The summed E-state index contributed by atoms with van der Waals surface area (Å²) >= 11 is 0. The van der Waals surface area contributed by atoms with Crippen LogP contribution in [0.1, 0.15) is 45.5 Å². The third kappa shape index (κ3) is 4.13. The van der Waals surface area contributed by atoms with Crippen molar-refractivity contribution in [2.45, 2.75) is 26.2 Å². The fourth-order valence-electron chi connectivity index (χ4n) is 3.24. The summed E-state index contributed by atoms with van der Waals surface area (Å²) < 4.78 is 0. The molecule has 7 nitrogen and oxygen atoms in total. The van der Waals surface area contributed by atoms with E-state index in [2.05, 4.69) is 5.32 Å². The highest BCUT2D eigenvalue weighted by molar-refractivity contribution is 6.06. The number of nitrogens with one attached hydrogen (secondary N) is 1. The van der Waals surface area contributed by atoms with Gasteiger partial charge in [-0.05, 0) is 56.5 Å². The van der Waals surface area contributed by atoms with Gasteiger partial charge in [-0.2, -0.15) is 0 Å². The van der Waals surface area contributed by atoms with E-state index < -0.39 is 10.8 Å². The second-order valence-electron chi connectivity index (χ2n) is 6.59. The van der Waals surface area contributed by atoms with Crippen LogP contribution in [0.15, 0.2) is 42.5 Å². The molecule has 7 heteroatoms. The van der Waals surface area contributed by atoms with E-state index in [1.54, 1.807) is 37.3 Å². The summed E-state index contributed by atoms with van der Waals surface area (Å²) in [5.74, 6) is -0.423. The Morgan fingerprint density at radius 1 is 1.04 bits per heavy atom. The molecule has 1 aliphatic rings. The lowest BCUT2D eigenvalue weighted by Crippen LogP contribution is -2.35. The highest BCUT2D eigenvalue weighted by atomic mass is 16.6. The van der Waals surface area contributed by atoms with Crippen molar-refractivity contribution in [3.8, 4) is 0 Å². The molecule has 0 saturated carbocycles. The topological polar surface area (TPSA) is 92.6 Å². The molecule has 0 bridgehead atoms. The van der Waals surface area contributed by atoms with Gasteiger partial charge in [0, 0.05) is 41.5 Å². The van der Waals surface area contributed by atoms with Gasteiger partial charge in [0.2, 0.25) is 0 Å². The maximum Gasteiger partial charge on any atom is 0.273 e. The Morgan fingerprint density at radius 2 is 1.70 bits per heavy atom. The molecular formula is C20H21N3O4. The molecule has 1 fully saturated rings. The van der Waals surface area contributed by atoms with Gasteiger partial charge in [0.05, 0.1) is 4.92 Å². The number of anilines is 1. The summed E-state index contributed by atoms with van der Waals surface area (Å²) in [5.41, 5.74) is 1.59. The zero-order valence-corrected chi connectivity index (χ0v) is 15.1. The molecule has 0 aromatic heterocycles. The summed E-state index contributed by atoms with van der Waals surface area (Å²) in [6.45, 7) is 3.11. The van der Waals surface area contributed by atoms with Crippen LogP contribution in [0.5, 0.6) is 0 Å². The second kappa shape index (κ2) is 7.99. The Labute approximate surface area is 157 Å². The standard InChI is InChI=1S/C20H21N3O4/c1-14-17(6-5-7-18(14)23(26)27)19(24)21-16-10-8-15(9-11-16)20(25)22-12-3-2-4-13-22/h5-11H,2-4,12-13H2,1H3,(H,21,24). The van der Waals surface area contributed by atoms with Gasteiger partial charge in [-0.25, -0.2) is 0 Å². The first kappa shape index (κ1) is 18.6. The fraction of sp³-hybridized carbons (Fsp3) is 0.300. The predicted octanol–water partition coefficient (Wildman–Crippen LogP) is 3.78. The first-order valence-electron chi connectivity index (χ1n) is 8.92. The van der Waals surface area contributed by atoms with Crippen molar-refractivity contribution < 1.29 is 14.5 Å². The van der Waals surface area contributed by atoms with Crippen LogP contribution in [-0.4, -0.2) is 34.7 Å². The summed E-state index contributed by atoms with van der Waals surface area (Å²) in [6.07, 6.45) is 3.22. The van der Waals surface area contributed by atoms with Gasteiger partial charge in [0.25, 0.3) is 17.5 Å². The molecule has 0 atom stereocenters. The maximum atomic E-state index is 12.5. The molecule has 27 heavy (non-hydrogen) atoms. The number of hydrogen-bond donors (Lipinski definition) is 1. The SMILES string of the molecule is Cc1c(C(=O)Nc2ccc(C(=O)N3CCCCC3)cc2)cccc1[N+](=O)[O-]. The van der Waals surface area contributed by atoms with Crippen molar-refractivity contribution in [3.05, 3.63) is 69.3 Å². The second-order valence-corrected chi connectivity index (χ2v) is 6.59. The lowest BCUT2D eigenvalue weighted by Gasteiger charge is -2.26. The van der Waals surface area contributed by atoms with E-state index in [0.717, 1.165) is 32.4 Å². The Bertz CT molecular complexity index is 871. The molecule has 140 valence electrons. The molecule has 2 amide bonds. The molecule has 0 radical (unpaired) electrons. The number of benzene rings is 2. The average molecular weight is 367 g/mol. The van der Waals surface area contributed by atoms with Crippen molar-refractivity contribution in [1.29, 1.82) is 0 Å². The lowest BCUT2D eigenvalue weighted by molar-refractivity contribution is -0.385. The Kier molecular flexibility index (Phi) is 5.49. The van der Waals surface area contributed by atoms with Gasteiger partial charge in [-0.15, -0.1) is 0 Å². The number of carbonyl (C=O) groups is 2. The molecular weight excluding hydrogens is 346 g/mol. The van der Waals surface area contributed by atoms with Gasteiger partial charge in [-0.1, -0.05) is 6.07 Å². The molecule has 2 aromatic carbocycles. The number of hydrogen-bond acceptors (Lipinski definition) is 4. The Morgan fingerprint density at radius 3 is 2.33 bits per heavy atom. The first-order chi connectivity index (χ1) is 13.0. The van der Waals surface area contributed by atoms with Crippen LogP contribution >= 0.6 is 0 Å². The van der Waals surface area contributed by atoms with E-state index in [1.165, 1.54) is 12.1 Å². The zero-order chi connectivity index (χ0) is 19.4. The Hall–Kier alpha value is -3.22. The number of rotatable bonds is 4. The highest BCUT2D eigenvalue weighted by Gasteiger charge is 2.19. The quantitative estimate of drug-likeness (QED) is 0.657. The van der Waals surface area contributed by atoms with E-state index in [4.69, 9.17) is 0 Å². The van der Waals surface area contributed by atoms with Gasteiger partial charge in [0.1, 0.15) is 0 Å². The third-order valence-electron chi connectivity index (χ3n) is 4.78. The molecule has 1 aliphatic heterocycles. The number of likely N-dealkylation sites (tertiary alicyclic amines) is 1. The number of nitro benzene ring substituents is 1. The van der Waals surface area contributed by atoms with Crippen LogP contribution in [0.25, 0.3) is 0 Å². The largest absolute Gasteiger partial charge is 0.339 e. The summed E-state index contributed by atoms with van der Waals surface area (Å²) in [6, 6.07) is 11.1. The van der Waals surface area contributed by atoms with Gasteiger partial charge in [-0.3, -0.25) is 19.7 Å². The van der Waals surface area contributed by atoms with Gasteiger partial charge in [0.15, 0.2) is 0 Å². The van der Waals surface area contributed by atoms with E-state index in [1.807, 2.05) is 4.90 Å². The lowest BCUT2D eigenvalue weighted by atomic mass is 10.1. The normalized spacial score (nSPS) is 13.9. The van der Waals surface area contributed by atoms with Gasteiger partial charge >= 0.3 is 0 Å². The number of nitrogens with zero attached hydrogens (tertiary/aromatic N) is 2. The molecule has 3 rings (SSSR count). The minimum atomic E-state index is -0.507. The summed E-state index contributed by atoms with van der Waals surface area (Å²) in [4.78, 5) is 37.3. The van der Waals surface area contributed by atoms with Crippen molar-refractivity contribution in [3.63, 3.8) is 0 Å². The Balaban J connectivity index is 1.71. The fourth-order valence-corrected chi connectivity index (χ4v) is 3.24. The maximum absolute atomic E-state index is 12.5. The summed E-state index contributed by atoms with van der Waals surface area (Å²) in [7, 11) is 0. The molecule has 2 aromatic rings. The van der Waals surface area contributed by atoms with E-state index in [0.29, 0.717) is 16.8 Å². The molecule has 0 spiro atoms. The molecule has 0 aliphatic carbocycles. The smallest absolute Gasteiger partial charge is 0.273 e. The van der Waals surface area contributed by atoms with Crippen LogP contribution in [0.4, 0.5) is 11.4 Å². The molecule has 1 N–H and O–H groups in total. The number of nitro groups is 1. The zero-order valence-electron chi connectivity index (χ0n) is 15.1. The first-order valence-corrected chi connectivity index (χ1v) is 8.92. The van der Waals surface area contributed by atoms with Crippen LogP contribution in [0.3, 0.4) is 0 Å². The van der Waals surface area contributed by atoms with E-state index in [-0.39, 0.29) is 17.2 Å². The average Bonchev–Trinajstić information content (AvgIpc) is 2.68. The predicted molar refractivity (Wildman–Crippen MR) is 102 cm³/mol. The summed E-state index contributed by atoms with van der Waals surface area (Å²) in [5, 5.41) is 13.7. The van der Waals surface area contributed by atoms with Crippen molar-refractivity contribution in [1.82, 2.24) is 4.90 Å². The molecule has 1 heterocycles. The number of amides is 2. The third-order valence-corrected chi connectivity index (χ3v) is 4.78. The minimum Gasteiger partial charge on any atom is -0.339 e. The molecule has 1 saturated heterocycles. The monoisotopic (exact) mass is 367 g/mol. The van der Waals surface area contributed by atoms with Crippen molar-refractivity contribution >= 4 is 23.2 Å². The van der Waals surface area contributed by atoms with Crippen LogP contribution in [-0.2, 0) is 0 Å². The van der Waals surface area contributed by atoms with Crippen LogP contribution in [0, 0.1) is 17.0 Å². The van der Waals surface area contributed by atoms with Crippen molar-refractivity contribution in [2.24, 2.45) is 0 Å². The van der Waals surface area contributed by atoms with Crippen LogP contribution in [0.2, 0.25) is 0 Å². The van der Waals surface area contributed by atoms with Crippen molar-refractivity contribution in [2.75, 3.05) is 18.4 Å². The molecule has 0 unspecified atom stereocenters. The number of piperidine rings is 1. The van der Waals surface area contributed by atoms with E-state index in [9.17, 15) is 19.7 Å². The highest BCUT2D eigenvalue weighted by Crippen LogP contribution is 2.22. The van der Waals surface area contributed by atoms with E-state index >= 15 is 0 Å². The minimum absolute atomic E-state index is 0.00195. The van der Waals surface area contributed by atoms with Crippen LogP contribution < -0.4 is 5.32 Å². The number of carbonyl (C=O) groups excluding carboxylic acids is 2.